The standard InChI is InChI=1S/C17H9Cl3N2O3/c18-10-3-5-12(6-4-10)22-16(24)13(15(23)21-17(22)25)7-9-1-2-11(19)8-14(9)20/h1-8H,(H,21,23,25). The predicted molar refractivity (Wildman–Crippen MR) is 96.9 cm³/mol. The van der Waals surface area contributed by atoms with Crippen LogP contribution < -0.4 is 10.2 Å². The smallest absolute Gasteiger partial charge is 0.273 e. The van der Waals surface area contributed by atoms with Gasteiger partial charge in [0.25, 0.3) is 11.8 Å². The van der Waals surface area contributed by atoms with Crippen LogP contribution in [0.25, 0.3) is 6.08 Å². The molecule has 0 atom stereocenters. The monoisotopic (exact) mass is 394 g/mol. The Labute approximate surface area is 157 Å². The number of hydrogen-bond acceptors (Lipinski definition) is 3. The highest BCUT2D eigenvalue weighted by Gasteiger charge is 2.36. The van der Waals surface area contributed by atoms with Gasteiger partial charge in [-0.2, -0.15) is 0 Å². The number of nitrogens with zero attached hydrogens (tertiary/aromatic N) is 1. The van der Waals surface area contributed by atoms with E-state index in [2.05, 4.69) is 5.32 Å². The Morgan fingerprint density at radius 2 is 1.52 bits per heavy atom. The van der Waals surface area contributed by atoms with E-state index in [9.17, 15) is 14.4 Å². The fourth-order valence-electron chi connectivity index (χ4n) is 2.26. The van der Waals surface area contributed by atoms with Gasteiger partial charge < -0.3 is 0 Å². The number of benzene rings is 2. The SMILES string of the molecule is O=C1NC(=O)N(c2ccc(Cl)cc2)C(=O)C1=Cc1ccc(Cl)cc1Cl. The van der Waals surface area contributed by atoms with E-state index in [4.69, 9.17) is 34.8 Å². The Bertz CT molecular complexity index is 923. The van der Waals surface area contributed by atoms with Gasteiger partial charge in [0.05, 0.1) is 5.69 Å². The van der Waals surface area contributed by atoms with Gasteiger partial charge in [-0.15, -0.1) is 0 Å². The Hall–Kier alpha value is -2.34. The summed E-state index contributed by atoms with van der Waals surface area (Å²) in [5.74, 6) is -1.56. The first-order valence-corrected chi connectivity index (χ1v) is 8.12. The first kappa shape index (κ1) is 17.5. The minimum atomic E-state index is -0.836. The lowest BCUT2D eigenvalue weighted by molar-refractivity contribution is -0.122. The zero-order valence-corrected chi connectivity index (χ0v) is 14.7. The number of carbonyl (C=O) groups excluding carboxylic acids is 3. The summed E-state index contributed by atoms with van der Waals surface area (Å²) in [4.78, 5) is 37.7. The third kappa shape index (κ3) is 3.54. The largest absolute Gasteiger partial charge is 0.335 e. The summed E-state index contributed by atoms with van der Waals surface area (Å²) < 4.78 is 0. The summed E-state index contributed by atoms with van der Waals surface area (Å²) in [7, 11) is 0. The lowest BCUT2D eigenvalue weighted by Crippen LogP contribution is -2.54. The Kier molecular flexibility index (Phi) is 4.81. The van der Waals surface area contributed by atoms with Gasteiger partial charge in [0.1, 0.15) is 5.57 Å². The molecular formula is C17H9Cl3N2O3. The normalized spacial score (nSPS) is 16.4. The van der Waals surface area contributed by atoms with Gasteiger partial charge in [-0.25, -0.2) is 9.69 Å². The molecular weight excluding hydrogens is 387 g/mol. The van der Waals surface area contributed by atoms with E-state index in [1.807, 2.05) is 0 Å². The summed E-state index contributed by atoms with van der Waals surface area (Å²) >= 11 is 17.7. The van der Waals surface area contributed by atoms with Crippen molar-refractivity contribution < 1.29 is 14.4 Å². The van der Waals surface area contributed by atoms with Gasteiger partial charge in [0, 0.05) is 15.1 Å². The minimum Gasteiger partial charge on any atom is -0.273 e. The fraction of sp³-hybridized carbons (Fsp3) is 0. The molecule has 126 valence electrons. The molecule has 0 radical (unpaired) electrons. The maximum atomic E-state index is 12.7. The average Bonchev–Trinajstić information content (AvgIpc) is 2.55. The van der Waals surface area contributed by atoms with Crippen molar-refractivity contribution in [1.82, 2.24) is 5.32 Å². The van der Waals surface area contributed by atoms with E-state index in [0.29, 0.717) is 15.6 Å². The van der Waals surface area contributed by atoms with Gasteiger partial charge >= 0.3 is 6.03 Å². The fourth-order valence-corrected chi connectivity index (χ4v) is 2.85. The molecule has 0 unspecified atom stereocenters. The van der Waals surface area contributed by atoms with Crippen molar-refractivity contribution in [3.63, 3.8) is 0 Å². The summed E-state index contributed by atoms with van der Waals surface area (Å²) in [6.07, 6.45) is 1.31. The van der Waals surface area contributed by atoms with E-state index in [-0.39, 0.29) is 16.3 Å². The molecule has 1 heterocycles. The number of carbonyl (C=O) groups is 3. The zero-order valence-electron chi connectivity index (χ0n) is 12.4. The molecule has 2 aromatic rings. The van der Waals surface area contributed by atoms with Crippen LogP contribution in [0.5, 0.6) is 0 Å². The summed E-state index contributed by atoms with van der Waals surface area (Å²) in [5.41, 5.74) is 0.487. The topological polar surface area (TPSA) is 66.5 Å². The number of imide groups is 2. The van der Waals surface area contributed by atoms with Gasteiger partial charge in [-0.3, -0.25) is 14.9 Å². The highest BCUT2D eigenvalue weighted by atomic mass is 35.5. The van der Waals surface area contributed by atoms with Gasteiger partial charge in [-0.05, 0) is 48.0 Å². The summed E-state index contributed by atoms with van der Waals surface area (Å²) in [6.45, 7) is 0. The van der Waals surface area contributed by atoms with Crippen molar-refractivity contribution in [1.29, 1.82) is 0 Å². The number of hydrogen-bond donors (Lipinski definition) is 1. The molecule has 0 spiro atoms. The van der Waals surface area contributed by atoms with E-state index < -0.39 is 17.8 Å². The lowest BCUT2D eigenvalue weighted by Gasteiger charge is -2.26. The number of halogens is 3. The van der Waals surface area contributed by atoms with Crippen molar-refractivity contribution in [3.05, 3.63) is 68.7 Å². The van der Waals surface area contributed by atoms with Gasteiger partial charge in [0.15, 0.2) is 0 Å². The molecule has 5 nitrogen and oxygen atoms in total. The summed E-state index contributed by atoms with van der Waals surface area (Å²) in [6, 6.07) is 9.87. The van der Waals surface area contributed by atoms with Crippen molar-refractivity contribution in [2.75, 3.05) is 4.90 Å². The number of nitrogens with one attached hydrogen (secondary N) is 1. The van der Waals surface area contributed by atoms with Gasteiger partial charge in [-0.1, -0.05) is 40.9 Å². The van der Waals surface area contributed by atoms with Crippen LogP contribution in [-0.2, 0) is 9.59 Å². The second-order valence-electron chi connectivity index (χ2n) is 5.10. The van der Waals surface area contributed by atoms with Crippen LogP contribution in [-0.4, -0.2) is 17.8 Å². The van der Waals surface area contributed by atoms with Crippen LogP contribution in [0, 0.1) is 0 Å². The molecule has 1 N–H and O–H groups in total. The molecule has 0 aliphatic carbocycles. The van der Waals surface area contributed by atoms with Crippen LogP contribution >= 0.6 is 34.8 Å². The summed E-state index contributed by atoms with van der Waals surface area (Å²) in [5, 5.41) is 3.28. The molecule has 4 amide bonds. The van der Waals surface area contributed by atoms with E-state index >= 15 is 0 Å². The zero-order chi connectivity index (χ0) is 18.1. The molecule has 1 aliphatic rings. The molecule has 25 heavy (non-hydrogen) atoms. The lowest BCUT2D eigenvalue weighted by atomic mass is 10.1. The maximum Gasteiger partial charge on any atom is 0.335 e. The molecule has 1 saturated heterocycles. The second-order valence-corrected chi connectivity index (χ2v) is 6.38. The molecule has 1 aliphatic heterocycles. The Morgan fingerprint density at radius 3 is 2.16 bits per heavy atom. The van der Waals surface area contributed by atoms with Crippen molar-refractivity contribution in [2.24, 2.45) is 0 Å². The Balaban J connectivity index is 2.03. The molecule has 3 rings (SSSR count). The maximum absolute atomic E-state index is 12.7. The molecule has 1 fully saturated rings. The molecule has 0 aromatic heterocycles. The van der Waals surface area contributed by atoms with Crippen molar-refractivity contribution in [2.45, 2.75) is 0 Å². The number of barbiturate groups is 1. The van der Waals surface area contributed by atoms with E-state index in [1.54, 1.807) is 12.1 Å². The third-order valence-corrected chi connectivity index (χ3v) is 4.26. The minimum absolute atomic E-state index is 0.223. The average molecular weight is 396 g/mol. The van der Waals surface area contributed by atoms with Crippen molar-refractivity contribution in [3.8, 4) is 0 Å². The predicted octanol–water partition coefficient (Wildman–Crippen LogP) is 4.31. The quantitative estimate of drug-likeness (QED) is 0.608. The first-order chi connectivity index (χ1) is 11.9. The molecule has 0 saturated carbocycles. The van der Waals surface area contributed by atoms with Crippen molar-refractivity contribution >= 4 is 64.4 Å². The molecule has 0 bridgehead atoms. The van der Waals surface area contributed by atoms with Crippen LogP contribution in [0.2, 0.25) is 15.1 Å². The van der Waals surface area contributed by atoms with Gasteiger partial charge in [0.2, 0.25) is 0 Å². The third-order valence-electron chi connectivity index (χ3n) is 3.45. The van der Waals surface area contributed by atoms with Crippen LogP contribution in [0.1, 0.15) is 5.56 Å². The number of amides is 4. The first-order valence-electron chi connectivity index (χ1n) is 6.99. The Morgan fingerprint density at radius 1 is 0.880 bits per heavy atom. The highest BCUT2D eigenvalue weighted by Crippen LogP contribution is 2.26. The number of rotatable bonds is 2. The highest BCUT2D eigenvalue weighted by molar-refractivity contribution is 6.40. The van der Waals surface area contributed by atoms with Crippen LogP contribution in [0.15, 0.2) is 48.0 Å². The number of urea groups is 1. The number of anilines is 1. The molecule has 2 aromatic carbocycles. The van der Waals surface area contributed by atoms with Crippen LogP contribution in [0.3, 0.4) is 0 Å². The van der Waals surface area contributed by atoms with E-state index in [1.165, 1.54) is 36.4 Å². The molecule has 8 heteroatoms. The van der Waals surface area contributed by atoms with Crippen LogP contribution in [0.4, 0.5) is 10.5 Å². The second kappa shape index (κ2) is 6.88. The van der Waals surface area contributed by atoms with E-state index in [0.717, 1.165) is 4.90 Å².